The van der Waals surface area contributed by atoms with Crippen LogP contribution in [-0.2, 0) is 6.54 Å². The first kappa shape index (κ1) is 17.1. The van der Waals surface area contributed by atoms with Gasteiger partial charge in [-0.05, 0) is 37.3 Å². The van der Waals surface area contributed by atoms with Crippen LogP contribution in [-0.4, -0.2) is 23.5 Å². The lowest BCUT2D eigenvalue weighted by molar-refractivity contribution is 0.613. The maximum atomic E-state index is 4.71. The maximum absolute atomic E-state index is 4.71. The summed E-state index contributed by atoms with van der Waals surface area (Å²) in [4.78, 5) is 8.13. The predicted octanol–water partition coefficient (Wildman–Crippen LogP) is 3.78. The third kappa shape index (κ3) is 4.38. The fraction of sp³-hybridized carbons (Fsp3) is 0.471. The molecule has 1 heterocycles. The van der Waals surface area contributed by atoms with E-state index in [1.165, 1.54) is 36.6 Å². The second-order valence-electron chi connectivity index (χ2n) is 5.70. The van der Waals surface area contributed by atoms with Crippen LogP contribution in [0.5, 0.6) is 0 Å². The van der Waals surface area contributed by atoms with Crippen LogP contribution >= 0.6 is 24.0 Å². The molecule has 3 rings (SSSR count). The molecule has 22 heavy (non-hydrogen) atoms. The van der Waals surface area contributed by atoms with E-state index < -0.39 is 0 Å². The van der Waals surface area contributed by atoms with Crippen LogP contribution < -0.4 is 10.6 Å². The van der Waals surface area contributed by atoms with E-state index in [0.717, 1.165) is 18.2 Å². The van der Waals surface area contributed by atoms with E-state index in [2.05, 4.69) is 52.9 Å². The fourth-order valence-corrected chi connectivity index (χ4v) is 2.97. The normalized spacial score (nSPS) is 15.8. The van der Waals surface area contributed by atoms with E-state index in [4.69, 9.17) is 4.99 Å². The van der Waals surface area contributed by atoms with Crippen LogP contribution in [0.15, 0.2) is 35.3 Å². The molecule has 2 aromatic rings. The number of benzene rings is 1. The van der Waals surface area contributed by atoms with Gasteiger partial charge >= 0.3 is 0 Å². The number of aromatic amines is 1. The quantitative estimate of drug-likeness (QED) is 0.407. The fourth-order valence-electron chi connectivity index (χ4n) is 2.97. The van der Waals surface area contributed by atoms with Gasteiger partial charge < -0.3 is 15.6 Å². The minimum atomic E-state index is 0. The zero-order valence-electron chi connectivity index (χ0n) is 13.1. The van der Waals surface area contributed by atoms with Crippen LogP contribution in [0.1, 0.15) is 38.3 Å². The Labute approximate surface area is 149 Å². The molecule has 120 valence electrons. The van der Waals surface area contributed by atoms with Crippen molar-refractivity contribution >= 4 is 40.8 Å². The van der Waals surface area contributed by atoms with E-state index in [1.54, 1.807) is 0 Å². The summed E-state index contributed by atoms with van der Waals surface area (Å²) >= 11 is 0. The summed E-state index contributed by atoms with van der Waals surface area (Å²) in [7, 11) is 0. The first-order chi connectivity index (χ1) is 10.3. The number of rotatable bonds is 4. The lowest BCUT2D eigenvalue weighted by Crippen LogP contribution is -2.42. The Balaban J connectivity index is 0.00000176. The second kappa shape index (κ2) is 8.41. The van der Waals surface area contributed by atoms with Gasteiger partial charge in [-0.3, -0.25) is 0 Å². The number of hydrogen-bond acceptors (Lipinski definition) is 1. The van der Waals surface area contributed by atoms with Crippen LogP contribution in [0, 0.1) is 0 Å². The Hall–Kier alpha value is -1.24. The maximum Gasteiger partial charge on any atom is 0.191 e. The van der Waals surface area contributed by atoms with E-state index in [9.17, 15) is 0 Å². The lowest BCUT2D eigenvalue weighted by Gasteiger charge is -2.16. The van der Waals surface area contributed by atoms with Gasteiger partial charge in [-0.25, -0.2) is 4.99 Å². The molecular weight excluding hydrogens is 387 g/mol. The summed E-state index contributed by atoms with van der Waals surface area (Å²) in [5, 5.41) is 8.13. The third-order valence-electron chi connectivity index (χ3n) is 4.03. The first-order valence-electron chi connectivity index (χ1n) is 7.96. The minimum absolute atomic E-state index is 0. The molecule has 1 aromatic heterocycles. The Morgan fingerprint density at radius 2 is 2.05 bits per heavy atom. The molecule has 0 spiro atoms. The molecular formula is C17H25IN4. The zero-order valence-corrected chi connectivity index (χ0v) is 15.4. The van der Waals surface area contributed by atoms with E-state index in [1.807, 2.05) is 0 Å². The van der Waals surface area contributed by atoms with Gasteiger partial charge in [0, 0.05) is 23.8 Å². The number of aromatic nitrogens is 1. The molecule has 0 amide bonds. The average molecular weight is 412 g/mol. The zero-order chi connectivity index (χ0) is 14.5. The van der Waals surface area contributed by atoms with E-state index >= 15 is 0 Å². The standard InChI is InChI=1S/C17H24N4.HI/c1-2-18-17(21-14-8-4-5-9-14)19-12-15-11-13-7-3-6-10-16(13)20-15;/h3,6-7,10-11,14,20H,2,4-5,8-9,12H2,1H3,(H2,18,19,21);1H. The van der Waals surface area contributed by atoms with Gasteiger partial charge in [0.1, 0.15) is 0 Å². The molecule has 1 aliphatic carbocycles. The number of aliphatic imine (C=N–C) groups is 1. The molecule has 0 radical (unpaired) electrons. The minimum Gasteiger partial charge on any atom is -0.357 e. The van der Waals surface area contributed by atoms with Gasteiger partial charge in [0.25, 0.3) is 0 Å². The number of guanidine groups is 1. The number of nitrogens with zero attached hydrogens (tertiary/aromatic N) is 1. The summed E-state index contributed by atoms with van der Waals surface area (Å²) in [6, 6.07) is 11.1. The van der Waals surface area contributed by atoms with Gasteiger partial charge in [0.05, 0.1) is 6.54 Å². The Morgan fingerprint density at radius 3 is 2.77 bits per heavy atom. The summed E-state index contributed by atoms with van der Waals surface area (Å²) in [6.07, 6.45) is 5.19. The average Bonchev–Trinajstić information content (AvgIpc) is 3.13. The monoisotopic (exact) mass is 412 g/mol. The van der Waals surface area contributed by atoms with Crippen molar-refractivity contribution in [3.05, 3.63) is 36.0 Å². The van der Waals surface area contributed by atoms with Crippen molar-refractivity contribution in [3.8, 4) is 0 Å². The van der Waals surface area contributed by atoms with Crippen molar-refractivity contribution in [2.45, 2.75) is 45.2 Å². The van der Waals surface area contributed by atoms with Crippen molar-refractivity contribution in [2.24, 2.45) is 4.99 Å². The number of nitrogens with one attached hydrogen (secondary N) is 3. The van der Waals surface area contributed by atoms with E-state index in [-0.39, 0.29) is 24.0 Å². The predicted molar refractivity (Wildman–Crippen MR) is 104 cm³/mol. The molecule has 1 aliphatic rings. The van der Waals surface area contributed by atoms with Crippen LogP contribution in [0.25, 0.3) is 10.9 Å². The van der Waals surface area contributed by atoms with Gasteiger partial charge in [0.2, 0.25) is 0 Å². The van der Waals surface area contributed by atoms with Crippen molar-refractivity contribution in [1.82, 2.24) is 15.6 Å². The highest BCUT2D eigenvalue weighted by Crippen LogP contribution is 2.18. The first-order valence-corrected chi connectivity index (χ1v) is 7.96. The summed E-state index contributed by atoms with van der Waals surface area (Å²) in [6.45, 7) is 3.68. The van der Waals surface area contributed by atoms with Gasteiger partial charge in [-0.2, -0.15) is 0 Å². The molecule has 1 saturated carbocycles. The van der Waals surface area contributed by atoms with Crippen molar-refractivity contribution < 1.29 is 0 Å². The molecule has 4 nitrogen and oxygen atoms in total. The summed E-state index contributed by atoms with van der Waals surface area (Å²) in [5.74, 6) is 0.933. The Bertz CT molecular complexity index is 581. The molecule has 3 N–H and O–H groups in total. The largest absolute Gasteiger partial charge is 0.357 e. The van der Waals surface area contributed by atoms with Gasteiger partial charge in [0.15, 0.2) is 5.96 Å². The van der Waals surface area contributed by atoms with Crippen molar-refractivity contribution in [2.75, 3.05) is 6.54 Å². The third-order valence-corrected chi connectivity index (χ3v) is 4.03. The Kier molecular flexibility index (Phi) is 6.54. The highest BCUT2D eigenvalue weighted by molar-refractivity contribution is 14.0. The van der Waals surface area contributed by atoms with Crippen molar-refractivity contribution in [1.29, 1.82) is 0 Å². The molecule has 0 atom stereocenters. The highest BCUT2D eigenvalue weighted by Gasteiger charge is 2.15. The van der Waals surface area contributed by atoms with E-state index in [0.29, 0.717) is 12.6 Å². The molecule has 1 fully saturated rings. The highest BCUT2D eigenvalue weighted by atomic mass is 127. The topological polar surface area (TPSA) is 52.2 Å². The van der Waals surface area contributed by atoms with Crippen LogP contribution in [0.4, 0.5) is 0 Å². The molecule has 1 aromatic carbocycles. The second-order valence-corrected chi connectivity index (χ2v) is 5.70. The number of H-pyrrole nitrogens is 1. The SMILES string of the molecule is CCNC(=NCc1cc2ccccc2[nH]1)NC1CCCC1.I. The number of halogens is 1. The van der Waals surface area contributed by atoms with Gasteiger partial charge in [-0.15, -0.1) is 24.0 Å². The molecule has 0 unspecified atom stereocenters. The molecule has 0 saturated heterocycles. The summed E-state index contributed by atoms with van der Waals surface area (Å²) in [5.41, 5.74) is 2.33. The smallest absolute Gasteiger partial charge is 0.191 e. The van der Waals surface area contributed by atoms with Gasteiger partial charge in [-0.1, -0.05) is 31.0 Å². The lowest BCUT2D eigenvalue weighted by atomic mass is 10.2. The number of hydrogen-bond donors (Lipinski definition) is 3. The van der Waals surface area contributed by atoms with Crippen molar-refractivity contribution in [3.63, 3.8) is 0 Å². The Morgan fingerprint density at radius 1 is 1.27 bits per heavy atom. The summed E-state index contributed by atoms with van der Waals surface area (Å²) < 4.78 is 0. The van der Waals surface area contributed by atoms with Crippen LogP contribution in [0.2, 0.25) is 0 Å². The number of para-hydroxylation sites is 1. The molecule has 5 heteroatoms. The molecule has 0 bridgehead atoms. The van der Waals surface area contributed by atoms with Crippen LogP contribution in [0.3, 0.4) is 0 Å². The number of fused-ring (bicyclic) bond motifs is 1. The molecule has 0 aliphatic heterocycles.